The molecule has 122 valence electrons. The minimum absolute atomic E-state index is 0.102. The van der Waals surface area contributed by atoms with Gasteiger partial charge in [-0.05, 0) is 31.0 Å². The van der Waals surface area contributed by atoms with Crippen molar-refractivity contribution in [2.24, 2.45) is 0 Å². The monoisotopic (exact) mass is 356 g/mol. The van der Waals surface area contributed by atoms with Crippen LogP contribution < -0.4 is 5.32 Å². The summed E-state index contributed by atoms with van der Waals surface area (Å²) < 4.78 is 13.5. The highest BCUT2D eigenvalue weighted by Crippen LogP contribution is 2.23. The summed E-state index contributed by atoms with van der Waals surface area (Å²) in [4.78, 5) is 28.3. The lowest BCUT2D eigenvalue weighted by molar-refractivity contribution is -0.139. The first-order valence-electron chi connectivity index (χ1n) is 6.78. The summed E-state index contributed by atoms with van der Waals surface area (Å²) in [6.07, 6.45) is 0.684. The Morgan fingerprint density at radius 2 is 2.17 bits per heavy atom. The van der Waals surface area contributed by atoms with Crippen LogP contribution in [0, 0.1) is 12.7 Å². The lowest BCUT2D eigenvalue weighted by Crippen LogP contribution is -2.33. The van der Waals surface area contributed by atoms with Crippen LogP contribution in [0.15, 0.2) is 18.2 Å². The molecule has 23 heavy (non-hydrogen) atoms. The second kappa shape index (κ2) is 7.06. The van der Waals surface area contributed by atoms with Gasteiger partial charge < -0.3 is 10.4 Å². The molecule has 0 saturated heterocycles. The van der Waals surface area contributed by atoms with Crippen molar-refractivity contribution in [1.29, 1.82) is 0 Å². The standard InChI is InChI=1S/C15H14ClFN2O3S/c1-3-11-18-7(2)13(23-11)14(20)19-12(15(21)22)8-4-5-9(16)10(17)6-8/h4-6,12H,3H2,1-2H3,(H,19,20)(H,21,22). The number of rotatable bonds is 5. The maximum atomic E-state index is 13.5. The van der Waals surface area contributed by atoms with Gasteiger partial charge in [-0.25, -0.2) is 14.2 Å². The first-order valence-corrected chi connectivity index (χ1v) is 7.97. The Balaban J connectivity index is 2.28. The number of amides is 1. The summed E-state index contributed by atoms with van der Waals surface area (Å²) in [7, 11) is 0. The van der Waals surface area contributed by atoms with Crippen LogP contribution in [0.5, 0.6) is 0 Å². The molecule has 2 N–H and O–H groups in total. The zero-order chi connectivity index (χ0) is 17.1. The highest BCUT2D eigenvalue weighted by atomic mass is 35.5. The third-order valence-corrected chi connectivity index (χ3v) is 4.76. The molecule has 0 aliphatic rings. The molecule has 2 rings (SSSR count). The van der Waals surface area contributed by atoms with Crippen LogP contribution in [0.3, 0.4) is 0 Å². The molecule has 1 unspecified atom stereocenters. The number of halogens is 2. The van der Waals surface area contributed by atoms with E-state index < -0.39 is 23.7 Å². The van der Waals surface area contributed by atoms with Crippen LogP contribution in [-0.4, -0.2) is 22.0 Å². The first kappa shape index (κ1) is 17.4. The molecule has 5 nitrogen and oxygen atoms in total. The molecule has 1 heterocycles. The van der Waals surface area contributed by atoms with Gasteiger partial charge in [0.15, 0.2) is 6.04 Å². The maximum absolute atomic E-state index is 13.5. The molecule has 1 atom stereocenters. The average Bonchev–Trinajstić information content (AvgIpc) is 2.88. The van der Waals surface area contributed by atoms with E-state index in [2.05, 4.69) is 10.3 Å². The van der Waals surface area contributed by atoms with Gasteiger partial charge in [0.05, 0.1) is 15.7 Å². The Morgan fingerprint density at radius 1 is 1.48 bits per heavy atom. The lowest BCUT2D eigenvalue weighted by atomic mass is 10.1. The number of aliphatic carboxylic acids is 1. The van der Waals surface area contributed by atoms with Crippen LogP contribution in [0.2, 0.25) is 5.02 Å². The predicted octanol–water partition coefficient (Wildman–Crippen LogP) is 3.36. The number of hydrogen-bond donors (Lipinski definition) is 2. The van der Waals surface area contributed by atoms with Crippen molar-refractivity contribution in [2.45, 2.75) is 26.3 Å². The average molecular weight is 357 g/mol. The molecule has 0 fully saturated rings. The maximum Gasteiger partial charge on any atom is 0.330 e. The molecule has 1 aromatic carbocycles. The molecule has 1 amide bonds. The van der Waals surface area contributed by atoms with Crippen LogP contribution in [0.4, 0.5) is 4.39 Å². The normalized spacial score (nSPS) is 12.0. The molecule has 0 bridgehead atoms. The van der Waals surface area contributed by atoms with E-state index in [1.807, 2.05) is 6.92 Å². The van der Waals surface area contributed by atoms with Gasteiger partial charge in [-0.15, -0.1) is 11.3 Å². The highest BCUT2D eigenvalue weighted by Gasteiger charge is 2.25. The van der Waals surface area contributed by atoms with Crippen LogP contribution in [0.25, 0.3) is 0 Å². The second-order valence-corrected chi connectivity index (χ2v) is 6.28. The topological polar surface area (TPSA) is 79.3 Å². The molecule has 0 saturated carbocycles. The number of aromatic nitrogens is 1. The molecule has 8 heteroatoms. The zero-order valence-electron chi connectivity index (χ0n) is 12.4. The van der Waals surface area contributed by atoms with Gasteiger partial charge in [0.1, 0.15) is 10.7 Å². The Kier molecular flexibility index (Phi) is 5.33. The van der Waals surface area contributed by atoms with E-state index >= 15 is 0 Å². The minimum Gasteiger partial charge on any atom is -0.479 e. The molecule has 1 aromatic heterocycles. The van der Waals surface area contributed by atoms with Crippen LogP contribution in [0.1, 0.15) is 38.9 Å². The number of aryl methyl sites for hydroxylation is 2. The van der Waals surface area contributed by atoms with E-state index in [0.29, 0.717) is 17.0 Å². The highest BCUT2D eigenvalue weighted by molar-refractivity contribution is 7.13. The number of carboxylic acids is 1. The van der Waals surface area contributed by atoms with Gasteiger partial charge >= 0.3 is 5.97 Å². The number of carbonyl (C=O) groups is 2. The number of benzene rings is 1. The number of hydrogen-bond acceptors (Lipinski definition) is 4. The van der Waals surface area contributed by atoms with Gasteiger partial charge in [0.25, 0.3) is 5.91 Å². The third kappa shape index (κ3) is 3.86. The van der Waals surface area contributed by atoms with Crippen molar-refractivity contribution in [3.05, 3.63) is 50.2 Å². The van der Waals surface area contributed by atoms with E-state index in [9.17, 15) is 19.1 Å². The van der Waals surface area contributed by atoms with Crippen LogP contribution >= 0.6 is 22.9 Å². The van der Waals surface area contributed by atoms with Gasteiger partial charge in [0, 0.05) is 0 Å². The Hall–Kier alpha value is -1.99. The molecule has 0 aliphatic carbocycles. The van der Waals surface area contributed by atoms with Crippen molar-refractivity contribution in [3.63, 3.8) is 0 Å². The van der Waals surface area contributed by atoms with Crippen molar-refractivity contribution in [1.82, 2.24) is 10.3 Å². The van der Waals surface area contributed by atoms with Gasteiger partial charge in [-0.2, -0.15) is 0 Å². The molecule has 2 aromatic rings. The lowest BCUT2D eigenvalue weighted by Gasteiger charge is -2.15. The van der Waals surface area contributed by atoms with Gasteiger partial charge in [-0.3, -0.25) is 4.79 Å². The predicted molar refractivity (Wildman–Crippen MR) is 85.5 cm³/mol. The fourth-order valence-corrected chi connectivity index (χ4v) is 3.02. The van der Waals surface area contributed by atoms with Crippen LogP contribution in [-0.2, 0) is 11.2 Å². The number of thiazole rings is 1. The first-order chi connectivity index (χ1) is 10.8. The van der Waals surface area contributed by atoms with E-state index in [4.69, 9.17) is 11.6 Å². The SMILES string of the molecule is CCc1nc(C)c(C(=O)NC(C(=O)O)c2ccc(Cl)c(F)c2)s1. The number of carboxylic acid groups (broad SMARTS) is 1. The van der Waals surface area contributed by atoms with E-state index in [1.165, 1.54) is 23.5 Å². The van der Waals surface area contributed by atoms with E-state index in [-0.39, 0.29) is 10.6 Å². The minimum atomic E-state index is -1.37. The fourth-order valence-electron chi connectivity index (χ4n) is 1.99. The fraction of sp³-hybridized carbons (Fsp3) is 0.267. The molecule has 0 aliphatic heterocycles. The van der Waals surface area contributed by atoms with Crippen molar-refractivity contribution in [2.75, 3.05) is 0 Å². The van der Waals surface area contributed by atoms with E-state index in [0.717, 1.165) is 11.1 Å². The summed E-state index contributed by atoms with van der Waals surface area (Å²) in [5, 5.41) is 12.4. The second-order valence-electron chi connectivity index (χ2n) is 4.79. The zero-order valence-corrected chi connectivity index (χ0v) is 14.0. The van der Waals surface area contributed by atoms with Crippen molar-refractivity contribution < 1.29 is 19.1 Å². The number of carbonyl (C=O) groups excluding carboxylic acids is 1. The summed E-state index contributed by atoms with van der Waals surface area (Å²) in [5.41, 5.74) is 0.640. The largest absolute Gasteiger partial charge is 0.479 e. The summed E-state index contributed by atoms with van der Waals surface area (Å²) in [6, 6.07) is 2.24. The molecular weight excluding hydrogens is 343 g/mol. The smallest absolute Gasteiger partial charge is 0.330 e. The Bertz CT molecular complexity index is 763. The third-order valence-electron chi connectivity index (χ3n) is 3.15. The van der Waals surface area contributed by atoms with Gasteiger partial charge in [0.2, 0.25) is 0 Å². The summed E-state index contributed by atoms with van der Waals surface area (Å²) >= 11 is 6.80. The van der Waals surface area contributed by atoms with Crippen molar-refractivity contribution in [3.8, 4) is 0 Å². The Labute approximate surface area is 141 Å². The quantitative estimate of drug-likeness (QED) is 0.860. The van der Waals surface area contributed by atoms with Crippen molar-refractivity contribution >= 4 is 34.8 Å². The van der Waals surface area contributed by atoms with Gasteiger partial charge in [-0.1, -0.05) is 24.6 Å². The summed E-state index contributed by atoms with van der Waals surface area (Å²) in [5.74, 6) is -2.59. The molecule has 0 spiro atoms. The Morgan fingerprint density at radius 3 is 2.70 bits per heavy atom. The summed E-state index contributed by atoms with van der Waals surface area (Å²) in [6.45, 7) is 3.60. The number of nitrogens with zero attached hydrogens (tertiary/aromatic N) is 1. The number of nitrogens with one attached hydrogen (secondary N) is 1. The van der Waals surface area contributed by atoms with E-state index in [1.54, 1.807) is 6.92 Å². The molecular formula is C15H14ClFN2O3S. The molecule has 0 radical (unpaired) electrons.